The summed E-state index contributed by atoms with van der Waals surface area (Å²) in [4.78, 5) is 9.34. The van der Waals surface area contributed by atoms with Gasteiger partial charge in [0, 0.05) is 6.42 Å². The lowest BCUT2D eigenvalue weighted by atomic mass is 10.2. The molecule has 0 saturated carbocycles. The Morgan fingerprint density at radius 3 is 2.00 bits per heavy atom. The quantitative estimate of drug-likeness (QED) is 0.653. The molecule has 16 heavy (non-hydrogen) atoms. The average Bonchev–Trinajstić information content (AvgIpc) is 2.19. The Kier molecular flexibility index (Phi) is 6.60. The second-order valence-corrected chi connectivity index (χ2v) is 4.66. The van der Waals surface area contributed by atoms with Crippen molar-refractivity contribution in [3.63, 3.8) is 0 Å². The third kappa shape index (κ3) is 6.31. The van der Waals surface area contributed by atoms with Crippen molar-refractivity contribution >= 4 is 16.4 Å². The zero-order chi connectivity index (χ0) is 12.6. The van der Waals surface area contributed by atoms with E-state index in [1.165, 1.54) is 12.1 Å². The first-order valence-corrected chi connectivity index (χ1v) is 6.33. The molecule has 0 bridgehead atoms. The molecule has 0 aromatic heterocycles. The molecule has 0 aliphatic rings. The molecule has 0 aliphatic heterocycles. The topological polar surface area (TPSA) is 71.4 Å². The molecular formula is C11H16O4S. The van der Waals surface area contributed by atoms with Gasteiger partial charge in [0.2, 0.25) is 0 Å². The normalized spacial score (nSPS) is 10.2. The van der Waals surface area contributed by atoms with Crippen LogP contribution in [0.1, 0.15) is 25.3 Å². The van der Waals surface area contributed by atoms with Gasteiger partial charge < -0.3 is 4.79 Å². The highest BCUT2D eigenvalue weighted by molar-refractivity contribution is 7.85. The van der Waals surface area contributed by atoms with E-state index >= 15 is 0 Å². The molecule has 0 spiro atoms. The average molecular weight is 244 g/mol. The van der Waals surface area contributed by atoms with E-state index in [1.807, 2.05) is 13.8 Å². The Bertz CT molecular complexity index is 406. The molecule has 0 fully saturated rings. The lowest BCUT2D eigenvalue weighted by molar-refractivity contribution is -0.107. The molecule has 5 heteroatoms. The Balaban J connectivity index is 0.000000385. The molecule has 0 aliphatic carbocycles. The van der Waals surface area contributed by atoms with Crippen molar-refractivity contribution < 1.29 is 17.8 Å². The van der Waals surface area contributed by atoms with Gasteiger partial charge in [-0.25, -0.2) is 0 Å². The number of carbonyl (C=O) groups excluding carboxylic acids is 1. The number of unbranched alkanes of at least 4 members (excludes halogenated alkanes) is 1. The van der Waals surface area contributed by atoms with Crippen LogP contribution in [0.3, 0.4) is 0 Å². The van der Waals surface area contributed by atoms with Crippen LogP contribution >= 0.6 is 0 Å². The van der Waals surface area contributed by atoms with E-state index in [1.54, 1.807) is 12.1 Å². The van der Waals surface area contributed by atoms with E-state index in [9.17, 15) is 13.2 Å². The molecule has 1 aromatic rings. The Labute approximate surface area is 96.1 Å². The van der Waals surface area contributed by atoms with E-state index in [-0.39, 0.29) is 4.90 Å². The molecule has 4 nitrogen and oxygen atoms in total. The van der Waals surface area contributed by atoms with Gasteiger partial charge in [0.05, 0.1) is 4.90 Å². The van der Waals surface area contributed by atoms with E-state index in [0.717, 1.165) is 18.3 Å². The summed E-state index contributed by atoms with van der Waals surface area (Å²) in [6, 6.07) is 5.99. The van der Waals surface area contributed by atoms with Crippen LogP contribution in [-0.4, -0.2) is 19.3 Å². The van der Waals surface area contributed by atoms with Crippen LogP contribution in [0.5, 0.6) is 0 Å². The minimum atomic E-state index is -4.02. The van der Waals surface area contributed by atoms with Crippen molar-refractivity contribution in [1.82, 2.24) is 0 Å². The zero-order valence-corrected chi connectivity index (χ0v) is 10.2. The molecule has 0 unspecified atom stereocenters. The first-order valence-electron chi connectivity index (χ1n) is 4.89. The van der Waals surface area contributed by atoms with Crippen LogP contribution < -0.4 is 0 Å². The minimum Gasteiger partial charge on any atom is -0.303 e. The molecule has 90 valence electrons. The lowest BCUT2D eigenvalue weighted by Gasteiger charge is -1.95. The second kappa shape index (κ2) is 7.14. The monoisotopic (exact) mass is 244 g/mol. The van der Waals surface area contributed by atoms with Crippen molar-refractivity contribution in [2.45, 2.75) is 31.6 Å². The van der Waals surface area contributed by atoms with Gasteiger partial charge in [-0.15, -0.1) is 0 Å². The Morgan fingerprint density at radius 1 is 1.25 bits per heavy atom. The maximum atomic E-state index is 10.5. The number of carbonyl (C=O) groups is 1. The molecule has 0 heterocycles. The summed E-state index contributed by atoms with van der Waals surface area (Å²) >= 11 is 0. The number of aldehydes is 1. The number of hydrogen-bond acceptors (Lipinski definition) is 3. The van der Waals surface area contributed by atoms with Gasteiger partial charge in [0.25, 0.3) is 10.1 Å². The van der Waals surface area contributed by atoms with E-state index in [0.29, 0.717) is 6.42 Å². The molecule has 0 atom stereocenters. The lowest BCUT2D eigenvalue weighted by Crippen LogP contribution is -1.96. The van der Waals surface area contributed by atoms with Gasteiger partial charge in [-0.1, -0.05) is 24.6 Å². The smallest absolute Gasteiger partial charge is 0.294 e. The SMILES string of the molecule is CCCC=O.Cc1ccc(S(=O)(=O)O)cc1. The second-order valence-electron chi connectivity index (χ2n) is 3.24. The standard InChI is InChI=1S/C7H8O3S.C4H8O/c1-6-2-4-7(5-3-6)11(8,9)10;1-2-3-4-5/h2-5H,1H3,(H,8,9,10);4H,2-3H2,1H3. The molecular weight excluding hydrogens is 228 g/mol. The Morgan fingerprint density at radius 2 is 1.75 bits per heavy atom. The van der Waals surface area contributed by atoms with Gasteiger partial charge in [-0.05, 0) is 25.5 Å². The summed E-state index contributed by atoms with van der Waals surface area (Å²) in [6.45, 7) is 3.82. The van der Waals surface area contributed by atoms with Crippen molar-refractivity contribution in [3.05, 3.63) is 29.8 Å². The fourth-order valence-electron chi connectivity index (χ4n) is 0.828. The number of aryl methyl sites for hydroxylation is 1. The molecule has 0 radical (unpaired) electrons. The molecule has 1 rings (SSSR count). The predicted octanol–water partition coefficient (Wildman–Crippen LogP) is 2.23. The van der Waals surface area contributed by atoms with Gasteiger partial charge in [0.15, 0.2) is 0 Å². The molecule has 1 aromatic carbocycles. The summed E-state index contributed by atoms with van der Waals surface area (Å²) in [6.07, 6.45) is 2.61. The molecule has 1 N–H and O–H groups in total. The summed E-state index contributed by atoms with van der Waals surface area (Å²) in [5.74, 6) is 0. The maximum Gasteiger partial charge on any atom is 0.294 e. The Hall–Kier alpha value is -1.20. The third-order valence-electron chi connectivity index (χ3n) is 1.73. The first kappa shape index (κ1) is 14.8. The highest BCUT2D eigenvalue weighted by Gasteiger charge is 2.06. The van der Waals surface area contributed by atoms with Gasteiger partial charge in [-0.3, -0.25) is 4.55 Å². The zero-order valence-electron chi connectivity index (χ0n) is 9.38. The van der Waals surface area contributed by atoms with E-state index in [4.69, 9.17) is 4.55 Å². The van der Waals surface area contributed by atoms with Crippen LogP contribution in [-0.2, 0) is 14.9 Å². The van der Waals surface area contributed by atoms with Crippen LogP contribution in [0.2, 0.25) is 0 Å². The summed E-state index contributed by atoms with van der Waals surface area (Å²) < 4.78 is 29.6. The highest BCUT2D eigenvalue weighted by Crippen LogP contribution is 2.08. The van der Waals surface area contributed by atoms with Crippen LogP contribution in [0.25, 0.3) is 0 Å². The molecule has 0 saturated heterocycles. The van der Waals surface area contributed by atoms with Crippen LogP contribution in [0.15, 0.2) is 29.2 Å². The van der Waals surface area contributed by atoms with Crippen molar-refractivity contribution in [2.75, 3.05) is 0 Å². The van der Waals surface area contributed by atoms with Crippen LogP contribution in [0.4, 0.5) is 0 Å². The van der Waals surface area contributed by atoms with Crippen molar-refractivity contribution in [1.29, 1.82) is 0 Å². The summed E-state index contributed by atoms with van der Waals surface area (Å²) in [7, 11) is -4.02. The third-order valence-corrected chi connectivity index (χ3v) is 2.59. The highest BCUT2D eigenvalue weighted by atomic mass is 32.2. The van der Waals surface area contributed by atoms with Crippen molar-refractivity contribution in [3.8, 4) is 0 Å². The molecule has 0 amide bonds. The van der Waals surface area contributed by atoms with Crippen molar-refractivity contribution in [2.24, 2.45) is 0 Å². The number of hydrogen-bond donors (Lipinski definition) is 1. The van der Waals surface area contributed by atoms with Gasteiger partial charge in [0.1, 0.15) is 6.29 Å². The van der Waals surface area contributed by atoms with E-state index < -0.39 is 10.1 Å². The predicted molar refractivity (Wildman–Crippen MR) is 62.0 cm³/mol. The summed E-state index contributed by atoms with van der Waals surface area (Å²) in [5.41, 5.74) is 0.956. The maximum absolute atomic E-state index is 10.5. The largest absolute Gasteiger partial charge is 0.303 e. The fourth-order valence-corrected chi connectivity index (χ4v) is 1.31. The summed E-state index contributed by atoms with van der Waals surface area (Å²) in [5, 5.41) is 0. The minimum absolute atomic E-state index is 0.0666. The fraction of sp³-hybridized carbons (Fsp3) is 0.364. The first-order chi connectivity index (χ1) is 7.41. The van der Waals surface area contributed by atoms with Gasteiger partial charge in [-0.2, -0.15) is 8.42 Å². The number of benzene rings is 1. The van der Waals surface area contributed by atoms with Gasteiger partial charge >= 0.3 is 0 Å². The van der Waals surface area contributed by atoms with E-state index in [2.05, 4.69) is 0 Å². The number of rotatable bonds is 3. The van der Waals surface area contributed by atoms with Crippen LogP contribution in [0, 0.1) is 6.92 Å².